The van der Waals surface area contributed by atoms with Crippen molar-refractivity contribution in [3.8, 4) is 0 Å². The minimum absolute atomic E-state index is 0.701. The van der Waals surface area contributed by atoms with Gasteiger partial charge in [-0.05, 0) is 30.2 Å². The largest absolute Gasteiger partial charge is 0.398 e. The van der Waals surface area contributed by atoms with Crippen LogP contribution in [0.5, 0.6) is 0 Å². The van der Waals surface area contributed by atoms with E-state index in [0.29, 0.717) is 5.69 Å². The number of nitrogens with two attached hydrogens (primary N) is 2. The summed E-state index contributed by atoms with van der Waals surface area (Å²) in [5.74, 6) is 0.850. The van der Waals surface area contributed by atoms with Crippen molar-refractivity contribution in [2.24, 2.45) is 0 Å². The molecular formula is C13H15N4+. The van der Waals surface area contributed by atoms with Crippen LogP contribution < -0.4 is 11.1 Å². The molecule has 0 bridgehead atoms. The summed E-state index contributed by atoms with van der Waals surface area (Å²) in [5, 5.41) is 5.50. The Balaban J connectivity index is 2.07. The molecule has 0 fully saturated rings. The fraction of sp³-hybridized carbons (Fsp3) is 0.154. The van der Waals surface area contributed by atoms with E-state index in [1.54, 1.807) is 12.4 Å². The average molecular weight is 227 g/mol. The quantitative estimate of drug-likeness (QED) is 0.571. The first-order chi connectivity index (χ1) is 8.29. The van der Waals surface area contributed by atoms with Crippen molar-refractivity contribution in [1.82, 2.24) is 9.97 Å². The van der Waals surface area contributed by atoms with E-state index in [1.807, 2.05) is 24.3 Å². The number of nitrogen functional groups attached to an aromatic ring is 1. The van der Waals surface area contributed by atoms with Gasteiger partial charge in [-0.1, -0.05) is 6.07 Å². The van der Waals surface area contributed by atoms with Crippen LogP contribution in [0.3, 0.4) is 0 Å². The molecule has 0 unspecified atom stereocenters. The van der Waals surface area contributed by atoms with Gasteiger partial charge >= 0.3 is 0 Å². The van der Waals surface area contributed by atoms with Crippen LogP contribution in [0.2, 0.25) is 0 Å². The zero-order chi connectivity index (χ0) is 12.1. The third-order valence-corrected chi connectivity index (χ3v) is 2.59. The van der Waals surface area contributed by atoms with Crippen molar-refractivity contribution in [3.63, 3.8) is 0 Å². The summed E-state index contributed by atoms with van der Waals surface area (Å²) >= 11 is 0. The monoisotopic (exact) mass is 227 g/mol. The lowest BCUT2D eigenvalue weighted by Crippen LogP contribution is -2.30. The summed E-state index contributed by atoms with van der Waals surface area (Å²) in [6.07, 6.45) is 6.73. The molecule has 17 heavy (non-hydrogen) atoms. The summed E-state index contributed by atoms with van der Waals surface area (Å²) < 4.78 is 0. The fourth-order valence-electron chi connectivity index (χ4n) is 1.64. The van der Waals surface area contributed by atoms with Gasteiger partial charge in [-0.15, -0.1) is 0 Å². The van der Waals surface area contributed by atoms with Crippen LogP contribution in [0, 0.1) is 0 Å². The Morgan fingerprint density at radius 1 is 1.18 bits per heavy atom. The Morgan fingerprint density at radius 2 is 1.94 bits per heavy atom. The molecule has 4 nitrogen and oxygen atoms in total. The van der Waals surface area contributed by atoms with E-state index in [9.17, 15) is 0 Å². The highest BCUT2D eigenvalue weighted by Crippen LogP contribution is 2.12. The molecule has 0 aliphatic heterocycles. The van der Waals surface area contributed by atoms with E-state index in [0.717, 1.165) is 24.2 Å². The molecule has 0 saturated carbocycles. The molecule has 1 aromatic carbocycles. The van der Waals surface area contributed by atoms with Crippen molar-refractivity contribution in [1.29, 1.82) is 0 Å². The van der Waals surface area contributed by atoms with E-state index in [-0.39, 0.29) is 0 Å². The van der Waals surface area contributed by atoms with Gasteiger partial charge < -0.3 is 5.73 Å². The molecule has 0 atom stereocenters. The van der Waals surface area contributed by atoms with Crippen molar-refractivity contribution in [2.45, 2.75) is 12.8 Å². The van der Waals surface area contributed by atoms with Gasteiger partial charge in [0.1, 0.15) is 5.82 Å². The summed E-state index contributed by atoms with van der Waals surface area (Å²) in [6.45, 7) is 0. The third-order valence-electron chi connectivity index (χ3n) is 2.59. The molecule has 2 aromatic rings. The van der Waals surface area contributed by atoms with Gasteiger partial charge in [-0.2, -0.15) is 0 Å². The van der Waals surface area contributed by atoms with Crippen molar-refractivity contribution < 1.29 is 5.41 Å². The Bertz CT molecular complexity index is 508. The van der Waals surface area contributed by atoms with Crippen LogP contribution in [-0.2, 0) is 12.8 Å². The lowest BCUT2D eigenvalue weighted by Gasteiger charge is -2.03. The molecule has 0 aliphatic rings. The molecule has 0 radical (unpaired) electrons. The summed E-state index contributed by atoms with van der Waals surface area (Å²) in [5.41, 5.74) is 8.53. The Hall–Kier alpha value is -2.23. The summed E-state index contributed by atoms with van der Waals surface area (Å²) in [4.78, 5) is 8.37. The molecule has 4 heteroatoms. The first kappa shape index (κ1) is 11.3. The molecule has 1 aromatic heterocycles. The lowest BCUT2D eigenvalue weighted by molar-refractivity contribution is -0.104. The molecule has 0 spiro atoms. The van der Waals surface area contributed by atoms with Gasteiger partial charge in [0.25, 0.3) is 0 Å². The van der Waals surface area contributed by atoms with Crippen LogP contribution >= 0.6 is 0 Å². The van der Waals surface area contributed by atoms with E-state index >= 15 is 0 Å². The second kappa shape index (κ2) is 5.21. The zero-order valence-electron chi connectivity index (χ0n) is 9.50. The highest BCUT2D eigenvalue weighted by Gasteiger charge is 2.02. The number of aromatic nitrogens is 2. The van der Waals surface area contributed by atoms with Crippen molar-refractivity contribution >= 4 is 11.9 Å². The minimum atomic E-state index is 0.701. The maximum atomic E-state index is 5.77. The number of rotatable bonds is 4. The predicted molar refractivity (Wildman–Crippen MR) is 67.4 cm³/mol. The molecule has 86 valence electrons. The maximum absolute atomic E-state index is 5.77. The summed E-state index contributed by atoms with van der Waals surface area (Å²) in [6, 6.07) is 7.69. The molecule has 0 saturated heterocycles. The molecular weight excluding hydrogens is 212 g/mol. The van der Waals surface area contributed by atoms with Gasteiger partial charge in [-0.25, -0.2) is 9.97 Å². The van der Waals surface area contributed by atoms with Gasteiger partial charge in [-0.3, -0.25) is 5.41 Å². The van der Waals surface area contributed by atoms with Crippen LogP contribution in [0.25, 0.3) is 0 Å². The van der Waals surface area contributed by atoms with Gasteiger partial charge in [0.05, 0.1) is 5.56 Å². The lowest BCUT2D eigenvalue weighted by atomic mass is 10.1. The topological polar surface area (TPSA) is 77.4 Å². The van der Waals surface area contributed by atoms with Crippen LogP contribution in [-0.4, -0.2) is 16.2 Å². The number of benzene rings is 1. The second-order valence-corrected chi connectivity index (χ2v) is 3.79. The van der Waals surface area contributed by atoms with Gasteiger partial charge in [0.15, 0.2) is 6.21 Å². The van der Waals surface area contributed by atoms with Crippen molar-refractivity contribution in [3.05, 3.63) is 53.6 Å². The Labute approximate surface area is 100 Å². The van der Waals surface area contributed by atoms with Crippen molar-refractivity contribution in [2.75, 3.05) is 5.73 Å². The van der Waals surface area contributed by atoms with Crippen LogP contribution in [0.15, 0.2) is 36.7 Å². The smallest absolute Gasteiger partial charge is 0.169 e. The number of anilines is 1. The Morgan fingerprint density at radius 3 is 2.65 bits per heavy atom. The summed E-state index contributed by atoms with van der Waals surface area (Å²) in [7, 11) is 0. The van der Waals surface area contributed by atoms with Crippen LogP contribution in [0.4, 0.5) is 5.69 Å². The number of hydrogen-bond donors (Lipinski definition) is 2. The predicted octanol–water partition coefficient (Wildman–Crippen LogP) is 0.0220. The molecule has 4 N–H and O–H groups in total. The van der Waals surface area contributed by atoms with E-state index in [4.69, 9.17) is 11.1 Å². The number of hydrogen-bond acceptors (Lipinski definition) is 3. The molecule has 0 amide bonds. The molecule has 0 aliphatic carbocycles. The first-order valence-electron chi connectivity index (χ1n) is 5.49. The van der Waals surface area contributed by atoms with Gasteiger partial charge in [0.2, 0.25) is 0 Å². The molecule has 2 rings (SSSR count). The third kappa shape index (κ3) is 2.87. The zero-order valence-corrected chi connectivity index (χ0v) is 9.50. The molecule has 1 heterocycles. The van der Waals surface area contributed by atoms with E-state index in [2.05, 4.69) is 9.97 Å². The van der Waals surface area contributed by atoms with E-state index < -0.39 is 0 Å². The fourth-order valence-corrected chi connectivity index (χ4v) is 1.64. The van der Waals surface area contributed by atoms with Crippen LogP contribution in [0.1, 0.15) is 17.0 Å². The first-order valence-corrected chi connectivity index (χ1v) is 5.49. The van der Waals surface area contributed by atoms with E-state index in [1.165, 1.54) is 11.8 Å². The standard InChI is InChI=1S/C13H14N4/c14-9-11-8-10(2-4-12(11)15)3-5-13-16-6-1-7-17-13/h1-2,4,6-9,14H,3,5,15H2/p+1. The number of nitrogens with zero attached hydrogens (tertiary/aromatic N) is 2. The Kier molecular flexibility index (Phi) is 3.45. The average Bonchev–Trinajstić information content (AvgIpc) is 2.39. The normalized spacial score (nSPS) is 10.1. The minimum Gasteiger partial charge on any atom is -0.398 e. The highest BCUT2D eigenvalue weighted by molar-refractivity contribution is 5.83. The highest BCUT2D eigenvalue weighted by atomic mass is 14.8. The second-order valence-electron chi connectivity index (χ2n) is 3.79. The number of aryl methyl sites for hydroxylation is 2. The van der Waals surface area contributed by atoms with Gasteiger partial charge in [0, 0.05) is 24.5 Å². The maximum Gasteiger partial charge on any atom is 0.169 e. The SMILES string of the molecule is Nc1ccc(CCc2ncccn2)cc1C=[NH2+].